The van der Waals surface area contributed by atoms with Crippen molar-refractivity contribution in [3.8, 4) is 0 Å². The van der Waals surface area contributed by atoms with E-state index < -0.39 is 9.76 Å². The fraction of sp³-hybridized carbons (Fsp3) is 0.375. The second kappa shape index (κ2) is 8.87. The average molecular weight is 290 g/mol. The van der Waals surface area contributed by atoms with Crippen LogP contribution >= 0.6 is 0 Å². The van der Waals surface area contributed by atoms with Crippen LogP contribution in [0.5, 0.6) is 0 Å². The van der Waals surface area contributed by atoms with Gasteiger partial charge in [-0.25, -0.2) is 0 Å². The monoisotopic (exact) mass is 290 g/mol. The van der Waals surface area contributed by atoms with Crippen molar-refractivity contribution in [2.24, 2.45) is 0 Å². The molecule has 4 heteroatoms. The van der Waals surface area contributed by atoms with Gasteiger partial charge in [0, 0.05) is 20.3 Å². The Labute approximate surface area is 122 Å². The number of hydrogen-bond acceptors (Lipinski definition) is 3. The van der Waals surface area contributed by atoms with Gasteiger partial charge >= 0.3 is 0 Å². The van der Waals surface area contributed by atoms with E-state index in [2.05, 4.69) is 42.5 Å². The Morgan fingerprint density at radius 1 is 0.900 bits per heavy atom. The first-order chi connectivity index (χ1) is 9.92. The molecule has 0 fully saturated rings. The Balaban J connectivity index is 1.71. The molecule has 2 aromatic rings. The zero-order chi connectivity index (χ0) is 14.0. The van der Waals surface area contributed by atoms with Gasteiger partial charge < -0.3 is 13.9 Å². The highest BCUT2D eigenvalue weighted by molar-refractivity contribution is 6.51. The van der Waals surface area contributed by atoms with Gasteiger partial charge in [-0.2, -0.15) is 0 Å². The predicted molar refractivity (Wildman–Crippen MR) is 85.4 cm³/mol. The van der Waals surface area contributed by atoms with E-state index >= 15 is 0 Å². The second-order valence-corrected chi connectivity index (χ2v) is 6.11. The van der Waals surface area contributed by atoms with E-state index in [0.717, 1.165) is 19.6 Å². The minimum Gasteiger partial charge on any atom is -0.418 e. The van der Waals surface area contributed by atoms with Gasteiger partial charge in [0.1, 0.15) is 0 Å². The zero-order valence-electron chi connectivity index (χ0n) is 12.0. The van der Waals surface area contributed by atoms with E-state index in [-0.39, 0.29) is 0 Å². The molecule has 0 heterocycles. The molecular formula is C16H22O3Si. The fourth-order valence-corrected chi connectivity index (χ4v) is 3.39. The molecule has 0 aliphatic carbocycles. The predicted octanol–water partition coefficient (Wildman–Crippen LogP) is 1.62. The molecule has 0 amide bonds. The molecule has 108 valence electrons. The number of fused-ring (bicyclic) bond motifs is 1. The molecule has 0 N–H and O–H groups in total. The van der Waals surface area contributed by atoms with Crippen LogP contribution in [0.1, 0.15) is 6.42 Å². The lowest BCUT2D eigenvalue weighted by Gasteiger charge is -2.08. The van der Waals surface area contributed by atoms with Gasteiger partial charge in [0.2, 0.25) is 0 Å². The highest BCUT2D eigenvalue weighted by Crippen LogP contribution is 2.10. The van der Waals surface area contributed by atoms with Crippen LogP contribution in [0.3, 0.4) is 0 Å². The molecule has 0 spiro atoms. The summed E-state index contributed by atoms with van der Waals surface area (Å²) in [6.45, 7) is 2.85. The van der Waals surface area contributed by atoms with Crippen LogP contribution in [-0.2, 0) is 13.9 Å². The number of rotatable bonds is 9. The lowest BCUT2D eigenvalue weighted by Crippen LogP contribution is -2.19. The quantitative estimate of drug-likeness (QED) is 0.519. The maximum atomic E-state index is 5.86. The van der Waals surface area contributed by atoms with Crippen molar-refractivity contribution >= 4 is 25.7 Å². The molecule has 0 unspecified atom stereocenters. The number of hydrogen-bond donors (Lipinski definition) is 0. The molecule has 0 aliphatic rings. The van der Waals surface area contributed by atoms with Crippen molar-refractivity contribution in [1.82, 2.24) is 0 Å². The first kappa shape index (κ1) is 15.2. The van der Waals surface area contributed by atoms with Gasteiger partial charge in [-0.05, 0) is 22.4 Å². The third-order valence-electron chi connectivity index (χ3n) is 3.15. The number of ether oxygens (including phenoxy) is 2. The lowest BCUT2D eigenvalue weighted by molar-refractivity contribution is 0.0647. The average Bonchev–Trinajstić information content (AvgIpc) is 2.50. The number of methoxy groups -OCH3 is 1. The summed E-state index contributed by atoms with van der Waals surface area (Å²) in [6, 6.07) is 14.9. The molecule has 0 radical (unpaired) electrons. The van der Waals surface area contributed by atoms with E-state index in [9.17, 15) is 0 Å². The van der Waals surface area contributed by atoms with E-state index in [0.29, 0.717) is 13.2 Å². The second-order valence-electron chi connectivity index (χ2n) is 4.65. The minimum absolute atomic E-state index is 0.657. The van der Waals surface area contributed by atoms with E-state index in [1.165, 1.54) is 16.0 Å². The molecule has 0 atom stereocenters. The number of benzene rings is 2. The van der Waals surface area contributed by atoms with Crippen LogP contribution in [0.4, 0.5) is 0 Å². The summed E-state index contributed by atoms with van der Waals surface area (Å²) in [7, 11) is 1.03. The molecule has 20 heavy (non-hydrogen) atoms. The minimum atomic E-state index is -0.657. The Hall–Kier alpha value is -1.20. The van der Waals surface area contributed by atoms with Crippen molar-refractivity contribution in [3.63, 3.8) is 0 Å². The van der Waals surface area contributed by atoms with Crippen LogP contribution in [0.2, 0.25) is 0 Å². The smallest absolute Gasteiger partial charge is 0.192 e. The normalized spacial score (nSPS) is 11.7. The van der Waals surface area contributed by atoms with Gasteiger partial charge in [-0.3, -0.25) is 0 Å². The molecule has 0 aliphatic heterocycles. The van der Waals surface area contributed by atoms with Crippen LogP contribution in [0.25, 0.3) is 10.8 Å². The molecule has 0 saturated heterocycles. The highest BCUT2D eigenvalue weighted by atomic mass is 28.2. The zero-order valence-corrected chi connectivity index (χ0v) is 13.4. The molecule has 2 aromatic carbocycles. The molecule has 0 bridgehead atoms. The topological polar surface area (TPSA) is 27.7 Å². The van der Waals surface area contributed by atoms with Crippen molar-refractivity contribution in [1.29, 1.82) is 0 Å². The van der Waals surface area contributed by atoms with Gasteiger partial charge in [0.05, 0.1) is 13.2 Å². The molecule has 2 rings (SSSR count). The summed E-state index contributed by atoms with van der Waals surface area (Å²) in [5, 5.41) is 4.01. The summed E-state index contributed by atoms with van der Waals surface area (Å²) >= 11 is 0. The van der Waals surface area contributed by atoms with Crippen molar-refractivity contribution in [2.45, 2.75) is 6.42 Å². The summed E-state index contributed by atoms with van der Waals surface area (Å²) in [4.78, 5) is 0. The first-order valence-electron chi connectivity index (χ1n) is 7.03. The van der Waals surface area contributed by atoms with Crippen LogP contribution in [-0.4, -0.2) is 43.3 Å². The van der Waals surface area contributed by atoms with Crippen LogP contribution < -0.4 is 5.19 Å². The summed E-state index contributed by atoms with van der Waals surface area (Å²) in [5.41, 5.74) is 0. The van der Waals surface area contributed by atoms with E-state index in [1.54, 1.807) is 7.11 Å². The van der Waals surface area contributed by atoms with Crippen molar-refractivity contribution < 1.29 is 13.9 Å². The summed E-state index contributed by atoms with van der Waals surface area (Å²) < 4.78 is 16.2. The lowest BCUT2D eigenvalue weighted by atomic mass is 10.1. The summed E-state index contributed by atoms with van der Waals surface area (Å²) in [6.07, 6.45) is 0.946. The van der Waals surface area contributed by atoms with Crippen LogP contribution in [0, 0.1) is 0 Å². The standard InChI is InChI=1S/C16H22O3Si/c1-17-12-13-18-10-5-11-19-20-16-9-4-7-14-6-2-3-8-15(14)16/h2-4,6-9H,5,10-13,20H2,1H3. The van der Waals surface area contributed by atoms with Crippen LogP contribution in [0.15, 0.2) is 42.5 Å². The van der Waals surface area contributed by atoms with Crippen molar-refractivity contribution in [3.05, 3.63) is 42.5 Å². The Bertz CT molecular complexity index is 511. The highest BCUT2D eigenvalue weighted by Gasteiger charge is 2.01. The van der Waals surface area contributed by atoms with Crippen molar-refractivity contribution in [2.75, 3.05) is 33.5 Å². The molecular weight excluding hydrogens is 268 g/mol. The fourth-order valence-electron chi connectivity index (χ4n) is 2.11. The van der Waals surface area contributed by atoms with E-state index in [1.807, 2.05) is 0 Å². The largest absolute Gasteiger partial charge is 0.418 e. The van der Waals surface area contributed by atoms with Gasteiger partial charge in [-0.1, -0.05) is 42.5 Å². The third kappa shape index (κ3) is 4.72. The van der Waals surface area contributed by atoms with E-state index in [4.69, 9.17) is 13.9 Å². The maximum Gasteiger partial charge on any atom is 0.192 e. The Morgan fingerprint density at radius 2 is 1.75 bits per heavy atom. The maximum absolute atomic E-state index is 5.86. The molecule has 3 nitrogen and oxygen atoms in total. The summed E-state index contributed by atoms with van der Waals surface area (Å²) in [5.74, 6) is 0. The van der Waals surface area contributed by atoms with Gasteiger partial charge in [-0.15, -0.1) is 0 Å². The SMILES string of the molecule is COCCOCCCO[SiH2]c1cccc2ccccc12. The first-order valence-corrected chi connectivity index (χ1v) is 8.31. The Morgan fingerprint density at radius 3 is 2.65 bits per heavy atom. The molecule has 0 saturated carbocycles. The third-order valence-corrected chi connectivity index (χ3v) is 4.57. The molecule has 0 aromatic heterocycles. The Kier molecular flexibility index (Phi) is 6.73. The van der Waals surface area contributed by atoms with Gasteiger partial charge in [0.15, 0.2) is 9.76 Å². The van der Waals surface area contributed by atoms with Gasteiger partial charge in [0.25, 0.3) is 0 Å².